The summed E-state index contributed by atoms with van der Waals surface area (Å²) in [5.41, 5.74) is 3.04. The molecule has 0 aliphatic carbocycles. The average Bonchev–Trinajstić information content (AvgIpc) is 2.70. The van der Waals surface area contributed by atoms with Gasteiger partial charge in [-0.25, -0.2) is 4.98 Å². The summed E-state index contributed by atoms with van der Waals surface area (Å²) >= 11 is 0. The maximum atomic E-state index is 12.1. The van der Waals surface area contributed by atoms with Crippen LogP contribution >= 0.6 is 0 Å². The van der Waals surface area contributed by atoms with Crippen LogP contribution in [-0.4, -0.2) is 17.5 Å². The van der Waals surface area contributed by atoms with Gasteiger partial charge in [0.2, 0.25) is 5.91 Å². The molecule has 0 saturated heterocycles. The molecule has 0 fully saturated rings. The minimum atomic E-state index is -0.110. The summed E-state index contributed by atoms with van der Waals surface area (Å²) in [6.07, 6.45) is 1.91. The van der Waals surface area contributed by atoms with Gasteiger partial charge in [0.1, 0.15) is 11.6 Å². The lowest BCUT2D eigenvalue weighted by molar-refractivity contribution is -0.116. The van der Waals surface area contributed by atoms with Crippen molar-refractivity contribution in [1.82, 2.24) is 4.98 Å². The van der Waals surface area contributed by atoms with E-state index in [9.17, 15) is 4.79 Å². The van der Waals surface area contributed by atoms with Crippen molar-refractivity contribution >= 4 is 23.1 Å². The second kappa shape index (κ2) is 9.24. The third-order valence-electron chi connectivity index (χ3n) is 4.41. The first-order valence-corrected chi connectivity index (χ1v) is 9.71. The summed E-state index contributed by atoms with van der Waals surface area (Å²) in [4.78, 5) is 16.4. The molecule has 2 aromatic carbocycles. The fourth-order valence-corrected chi connectivity index (χ4v) is 2.74. The minimum absolute atomic E-state index is 0.110. The zero-order valence-corrected chi connectivity index (χ0v) is 17.1. The number of carbonyl (C=O) groups excluding carboxylic acids is 1. The molecule has 1 amide bonds. The minimum Gasteiger partial charge on any atom is -0.493 e. The summed E-state index contributed by atoms with van der Waals surface area (Å²) in [6.45, 7) is 6.90. The molecule has 0 spiro atoms. The molecule has 1 heterocycles. The van der Waals surface area contributed by atoms with Crippen LogP contribution in [-0.2, 0) is 10.2 Å². The topological polar surface area (TPSA) is 63.2 Å². The van der Waals surface area contributed by atoms with Crippen molar-refractivity contribution in [3.8, 4) is 5.75 Å². The van der Waals surface area contributed by atoms with Crippen LogP contribution < -0.4 is 15.4 Å². The summed E-state index contributed by atoms with van der Waals surface area (Å²) in [7, 11) is 0. The fourth-order valence-electron chi connectivity index (χ4n) is 2.74. The van der Waals surface area contributed by atoms with Crippen LogP contribution in [0.15, 0.2) is 72.9 Å². The van der Waals surface area contributed by atoms with Crippen LogP contribution in [0.3, 0.4) is 0 Å². The first-order chi connectivity index (χ1) is 13.9. The van der Waals surface area contributed by atoms with Gasteiger partial charge in [-0.1, -0.05) is 51.1 Å². The molecule has 0 radical (unpaired) electrons. The molecule has 2 N–H and O–H groups in total. The Morgan fingerprint density at radius 3 is 2.24 bits per heavy atom. The molecule has 0 aliphatic heterocycles. The first kappa shape index (κ1) is 20.4. The molecule has 0 atom stereocenters. The summed E-state index contributed by atoms with van der Waals surface area (Å²) in [5, 5.41) is 6.11. The molecule has 3 aromatic rings. The van der Waals surface area contributed by atoms with E-state index in [0.717, 1.165) is 17.3 Å². The highest BCUT2D eigenvalue weighted by molar-refractivity contribution is 5.90. The number of benzene rings is 2. The normalized spacial score (nSPS) is 11.0. The summed E-state index contributed by atoms with van der Waals surface area (Å²) in [6, 6.07) is 21.5. The molecule has 5 heteroatoms. The van der Waals surface area contributed by atoms with E-state index in [2.05, 4.69) is 48.5 Å². The number of anilines is 3. The van der Waals surface area contributed by atoms with Gasteiger partial charge in [0.15, 0.2) is 0 Å². The van der Waals surface area contributed by atoms with Crippen molar-refractivity contribution in [2.24, 2.45) is 0 Å². The van der Waals surface area contributed by atoms with E-state index in [-0.39, 0.29) is 17.7 Å². The highest BCUT2D eigenvalue weighted by atomic mass is 16.5. The van der Waals surface area contributed by atoms with Crippen molar-refractivity contribution in [2.75, 3.05) is 17.2 Å². The predicted octanol–water partition coefficient (Wildman–Crippen LogP) is 5.53. The lowest BCUT2D eigenvalue weighted by Crippen LogP contribution is -2.15. The molecular formula is C24H27N3O2. The van der Waals surface area contributed by atoms with Gasteiger partial charge in [0.25, 0.3) is 0 Å². The number of ether oxygens (including phenoxy) is 1. The van der Waals surface area contributed by atoms with Gasteiger partial charge in [0.05, 0.1) is 24.9 Å². The molecular weight excluding hydrogens is 362 g/mol. The van der Waals surface area contributed by atoms with E-state index in [0.29, 0.717) is 12.3 Å². The van der Waals surface area contributed by atoms with Crippen LogP contribution in [0, 0.1) is 0 Å². The number of amides is 1. The predicted molar refractivity (Wildman–Crippen MR) is 118 cm³/mol. The van der Waals surface area contributed by atoms with E-state index < -0.39 is 0 Å². The van der Waals surface area contributed by atoms with Crippen molar-refractivity contribution in [2.45, 2.75) is 32.6 Å². The number of rotatable bonds is 7. The third kappa shape index (κ3) is 6.35. The largest absolute Gasteiger partial charge is 0.493 e. The molecule has 29 heavy (non-hydrogen) atoms. The number of pyridine rings is 1. The van der Waals surface area contributed by atoms with Crippen molar-refractivity contribution in [1.29, 1.82) is 0 Å². The Morgan fingerprint density at radius 1 is 0.931 bits per heavy atom. The number of nitrogens with zero attached hydrogens (tertiary/aromatic N) is 1. The van der Waals surface area contributed by atoms with Gasteiger partial charge in [-0.15, -0.1) is 0 Å². The summed E-state index contributed by atoms with van der Waals surface area (Å²) in [5.74, 6) is 1.37. The maximum absolute atomic E-state index is 12.1. The van der Waals surface area contributed by atoms with Crippen molar-refractivity contribution in [3.05, 3.63) is 78.5 Å². The number of hydrogen-bond donors (Lipinski definition) is 2. The van der Waals surface area contributed by atoms with Crippen LogP contribution in [0.25, 0.3) is 0 Å². The molecule has 150 valence electrons. The molecule has 0 bridgehead atoms. The van der Waals surface area contributed by atoms with Crippen molar-refractivity contribution in [3.63, 3.8) is 0 Å². The highest BCUT2D eigenvalue weighted by Gasteiger charge is 2.12. The Labute approximate surface area is 172 Å². The number of carbonyl (C=O) groups is 1. The molecule has 0 saturated carbocycles. The Bertz CT molecular complexity index is 915. The van der Waals surface area contributed by atoms with Gasteiger partial charge < -0.3 is 15.4 Å². The van der Waals surface area contributed by atoms with Gasteiger partial charge in [-0.05, 0) is 47.4 Å². The number of para-hydroxylation sites is 1. The molecule has 5 nitrogen and oxygen atoms in total. The van der Waals surface area contributed by atoms with E-state index in [1.165, 1.54) is 5.56 Å². The van der Waals surface area contributed by atoms with Crippen LogP contribution in [0.5, 0.6) is 5.75 Å². The van der Waals surface area contributed by atoms with Crippen LogP contribution in [0.1, 0.15) is 32.8 Å². The van der Waals surface area contributed by atoms with E-state index in [1.807, 2.05) is 54.6 Å². The zero-order chi connectivity index (χ0) is 20.7. The molecule has 0 aliphatic rings. The fraction of sp³-hybridized carbons (Fsp3) is 0.250. The van der Waals surface area contributed by atoms with E-state index in [4.69, 9.17) is 4.74 Å². The standard InChI is InChI=1S/C24H27N3O2/c1-24(2,3)18-9-11-19(12-10-18)26-22-14-13-20(17-25-22)27-23(28)15-16-29-21-7-5-4-6-8-21/h4-14,17H,15-16H2,1-3H3,(H,25,26)(H,27,28). The average molecular weight is 389 g/mol. The summed E-state index contributed by atoms with van der Waals surface area (Å²) < 4.78 is 5.54. The lowest BCUT2D eigenvalue weighted by Gasteiger charge is -2.19. The Hall–Kier alpha value is -3.34. The second-order valence-corrected chi connectivity index (χ2v) is 7.84. The quantitative estimate of drug-likeness (QED) is 0.558. The van der Waals surface area contributed by atoms with E-state index >= 15 is 0 Å². The van der Waals surface area contributed by atoms with Gasteiger partial charge in [-0.2, -0.15) is 0 Å². The SMILES string of the molecule is CC(C)(C)c1ccc(Nc2ccc(NC(=O)CCOc3ccccc3)cn2)cc1. The highest BCUT2D eigenvalue weighted by Crippen LogP contribution is 2.24. The Kier molecular flexibility index (Phi) is 6.50. The third-order valence-corrected chi connectivity index (χ3v) is 4.41. The number of hydrogen-bond acceptors (Lipinski definition) is 4. The zero-order valence-electron chi connectivity index (χ0n) is 17.1. The van der Waals surface area contributed by atoms with Crippen molar-refractivity contribution < 1.29 is 9.53 Å². The van der Waals surface area contributed by atoms with Crippen LogP contribution in [0.4, 0.5) is 17.2 Å². The van der Waals surface area contributed by atoms with Gasteiger partial charge >= 0.3 is 0 Å². The molecule has 0 unspecified atom stereocenters. The van der Waals surface area contributed by atoms with Gasteiger partial charge in [-0.3, -0.25) is 4.79 Å². The van der Waals surface area contributed by atoms with E-state index in [1.54, 1.807) is 6.20 Å². The number of nitrogens with one attached hydrogen (secondary N) is 2. The smallest absolute Gasteiger partial charge is 0.227 e. The van der Waals surface area contributed by atoms with Gasteiger partial charge in [0, 0.05) is 5.69 Å². The molecule has 3 rings (SSSR count). The Balaban J connectivity index is 1.47. The second-order valence-electron chi connectivity index (χ2n) is 7.84. The van der Waals surface area contributed by atoms with Crippen LogP contribution in [0.2, 0.25) is 0 Å². The molecule has 1 aromatic heterocycles. The maximum Gasteiger partial charge on any atom is 0.227 e. The lowest BCUT2D eigenvalue weighted by atomic mass is 9.87. The first-order valence-electron chi connectivity index (χ1n) is 9.71. The number of aromatic nitrogens is 1. The monoisotopic (exact) mass is 389 g/mol. The Morgan fingerprint density at radius 2 is 1.62 bits per heavy atom.